The van der Waals surface area contributed by atoms with E-state index in [1.165, 1.54) is 17.4 Å². The molecule has 2 heterocycles. The number of benzene rings is 2. The van der Waals surface area contributed by atoms with E-state index in [2.05, 4.69) is 18.3 Å². The first-order chi connectivity index (χ1) is 16.8. The molecule has 0 bridgehead atoms. The molecule has 8 nitrogen and oxygen atoms in total. The van der Waals surface area contributed by atoms with Crippen LogP contribution in [0, 0.1) is 13.8 Å². The Labute approximate surface area is 205 Å². The lowest BCUT2D eigenvalue weighted by atomic mass is 10.1. The van der Waals surface area contributed by atoms with E-state index in [0.29, 0.717) is 24.8 Å². The normalized spacial score (nSPS) is 15.1. The van der Waals surface area contributed by atoms with Gasteiger partial charge < -0.3 is 14.4 Å². The molecule has 2 aromatic carbocycles. The maximum Gasteiger partial charge on any atom is 0.246 e. The predicted molar refractivity (Wildman–Crippen MR) is 135 cm³/mol. The summed E-state index contributed by atoms with van der Waals surface area (Å²) >= 11 is 0. The van der Waals surface area contributed by atoms with Gasteiger partial charge in [-0.2, -0.15) is 0 Å². The van der Waals surface area contributed by atoms with Crippen LogP contribution in [0.3, 0.4) is 0 Å². The summed E-state index contributed by atoms with van der Waals surface area (Å²) in [7, 11) is 1.63. The standard InChI is InChI=1S/C27H32N4O4/c1-18-7-10-22(14-19(18)2)31-16-25(21-8-11-23(34-4)12-9-21)28-27(31)29-26(33)17-30(20(3)32)15-24-6-5-13-35-24/h7-12,14,16,24H,5-6,13,15,17H2,1-4H3,(H,28,29,33)/t24-/m0/s1. The summed E-state index contributed by atoms with van der Waals surface area (Å²) in [6, 6.07) is 13.7. The molecule has 1 fully saturated rings. The first-order valence-electron chi connectivity index (χ1n) is 11.8. The topological polar surface area (TPSA) is 85.7 Å². The van der Waals surface area contributed by atoms with Gasteiger partial charge in [0.25, 0.3) is 0 Å². The molecule has 0 aliphatic carbocycles. The summed E-state index contributed by atoms with van der Waals surface area (Å²) in [6.45, 7) is 6.62. The fourth-order valence-corrected chi connectivity index (χ4v) is 4.12. The average Bonchev–Trinajstić information content (AvgIpc) is 3.50. The van der Waals surface area contributed by atoms with Crippen molar-refractivity contribution in [2.24, 2.45) is 0 Å². The number of nitrogens with one attached hydrogen (secondary N) is 1. The lowest BCUT2D eigenvalue weighted by Crippen LogP contribution is -2.41. The van der Waals surface area contributed by atoms with Gasteiger partial charge in [-0.15, -0.1) is 0 Å². The summed E-state index contributed by atoms with van der Waals surface area (Å²) in [5.41, 5.74) is 4.81. The smallest absolute Gasteiger partial charge is 0.246 e. The predicted octanol–water partition coefficient (Wildman–Crippen LogP) is 4.13. The summed E-state index contributed by atoms with van der Waals surface area (Å²) in [5, 5.41) is 2.92. The maximum atomic E-state index is 13.0. The van der Waals surface area contributed by atoms with Crippen LogP contribution in [-0.4, -0.2) is 59.2 Å². The Morgan fingerprint density at radius 1 is 1.17 bits per heavy atom. The number of carbonyl (C=O) groups is 2. The number of anilines is 1. The molecule has 1 N–H and O–H groups in total. The third-order valence-electron chi connectivity index (χ3n) is 6.34. The number of ether oxygens (including phenoxy) is 2. The highest BCUT2D eigenvalue weighted by Crippen LogP contribution is 2.27. The quantitative estimate of drug-likeness (QED) is 0.528. The third-order valence-corrected chi connectivity index (χ3v) is 6.34. The van der Waals surface area contributed by atoms with Gasteiger partial charge in [0, 0.05) is 37.5 Å². The minimum Gasteiger partial charge on any atom is -0.497 e. The SMILES string of the molecule is COc1ccc(-c2cn(-c3ccc(C)c(C)c3)c(NC(=O)CN(C[C@@H]3CCCO3)C(C)=O)n2)cc1. The second-order valence-electron chi connectivity index (χ2n) is 8.90. The minimum atomic E-state index is -0.310. The highest BCUT2D eigenvalue weighted by molar-refractivity contribution is 5.93. The second-order valence-corrected chi connectivity index (χ2v) is 8.90. The molecular formula is C27H32N4O4. The van der Waals surface area contributed by atoms with E-state index in [9.17, 15) is 9.59 Å². The van der Waals surface area contributed by atoms with Gasteiger partial charge in [0.15, 0.2) is 0 Å². The molecule has 35 heavy (non-hydrogen) atoms. The van der Waals surface area contributed by atoms with Crippen LogP contribution in [0.15, 0.2) is 48.7 Å². The summed E-state index contributed by atoms with van der Waals surface area (Å²) in [5.74, 6) is 0.679. The summed E-state index contributed by atoms with van der Waals surface area (Å²) in [6.07, 6.45) is 3.75. The van der Waals surface area contributed by atoms with Crippen molar-refractivity contribution in [3.8, 4) is 22.7 Å². The van der Waals surface area contributed by atoms with Gasteiger partial charge in [-0.25, -0.2) is 4.98 Å². The summed E-state index contributed by atoms with van der Waals surface area (Å²) in [4.78, 5) is 31.4. The number of amides is 2. The van der Waals surface area contributed by atoms with Crippen molar-refractivity contribution in [3.05, 3.63) is 59.8 Å². The number of imidazole rings is 1. The number of carbonyl (C=O) groups excluding carboxylic acids is 2. The van der Waals surface area contributed by atoms with Crippen LogP contribution in [0.2, 0.25) is 0 Å². The molecule has 3 aromatic rings. The number of aryl methyl sites for hydroxylation is 2. The monoisotopic (exact) mass is 476 g/mol. The molecule has 1 aliphatic rings. The Kier molecular flexibility index (Phi) is 7.51. The molecule has 8 heteroatoms. The molecule has 0 saturated carbocycles. The van der Waals surface area contributed by atoms with E-state index >= 15 is 0 Å². The van der Waals surface area contributed by atoms with Gasteiger partial charge in [-0.3, -0.25) is 19.5 Å². The number of hydrogen-bond donors (Lipinski definition) is 1. The number of nitrogens with zero attached hydrogens (tertiary/aromatic N) is 3. The van der Waals surface area contributed by atoms with Crippen LogP contribution < -0.4 is 10.1 Å². The van der Waals surface area contributed by atoms with Gasteiger partial charge in [0.05, 0.1) is 18.9 Å². The van der Waals surface area contributed by atoms with Gasteiger partial charge in [-0.1, -0.05) is 6.07 Å². The Hall–Kier alpha value is -3.65. The van der Waals surface area contributed by atoms with E-state index in [4.69, 9.17) is 14.5 Å². The van der Waals surface area contributed by atoms with E-state index in [1.807, 2.05) is 54.1 Å². The number of hydrogen-bond acceptors (Lipinski definition) is 5. The second kappa shape index (κ2) is 10.7. The number of aromatic nitrogens is 2. The van der Waals surface area contributed by atoms with Crippen molar-refractivity contribution in [2.75, 3.05) is 32.1 Å². The van der Waals surface area contributed by atoms with Crippen LogP contribution in [-0.2, 0) is 14.3 Å². The first kappa shape index (κ1) is 24.5. The molecule has 1 aliphatic heterocycles. The average molecular weight is 477 g/mol. The van der Waals surface area contributed by atoms with E-state index in [0.717, 1.165) is 35.4 Å². The van der Waals surface area contributed by atoms with Gasteiger partial charge in [0.2, 0.25) is 17.8 Å². The van der Waals surface area contributed by atoms with Crippen LogP contribution in [0.4, 0.5) is 5.95 Å². The van der Waals surface area contributed by atoms with E-state index in [1.54, 1.807) is 7.11 Å². The zero-order chi connectivity index (χ0) is 24.9. The zero-order valence-corrected chi connectivity index (χ0v) is 20.7. The van der Waals surface area contributed by atoms with Gasteiger partial charge in [0.1, 0.15) is 12.3 Å². The van der Waals surface area contributed by atoms with Crippen molar-refractivity contribution in [2.45, 2.75) is 39.7 Å². The van der Waals surface area contributed by atoms with Crippen LogP contribution in [0.25, 0.3) is 16.9 Å². The van der Waals surface area contributed by atoms with Crippen molar-refractivity contribution in [1.82, 2.24) is 14.5 Å². The molecular weight excluding hydrogens is 444 g/mol. The van der Waals surface area contributed by atoms with Crippen molar-refractivity contribution in [3.63, 3.8) is 0 Å². The third kappa shape index (κ3) is 5.89. The number of methoxy groups -OCH3 is 1. The van der Waals surface area contributed by atoms with Gasteiger partial charge >= 0.3 is 0 Å². The Bertz CT molecular complexity index is 1200. The minimum absolute atomic E-state index is 0.0223. The van der Waals surface area contributed by atoms with Gasteiger partial charge in [-0.05, 0) is 74.2 Å². The van der Waals surface area contributed by atoms with Crippen LogP contribution in [0.5, 0.6) is 5.75 Å². The lowest BCUT2D eigenvalue weighted by Gasteiger charge is -2.23. The molecule has 1 atom stereocenters. The van der Waals surface area contributed by atoms with Crippen molar-refractivity contribution in [1.29, 1.82) is 0 Å². The van der Waals surface area contributed by atoms with Crippen molar-refractivity contribution < 1.29 is 19.1 Å². The molecule has 4 rings (SSSR count). The fraction of sp³-hybridized carbons (Fsp3) is 0.370. The molecule has 1 saturated heterocycles. The molecule has 0 radical (unpaired) electrons. The fourth-order valence-electron chi connectivity index (χ4n) is 4.12. The van der Waals surface area contributed by atoms with Crippen molar-refractivity contribution >= 4 is 17.8 Å². The molecule has 1 aromatic heterocycles. The molecule has 2 amide bonds. The molecule has 0 unspecified atom stereocenters. The van der Waals surface area contributed by atoms with Crippen LogP contribution in [0.1, 0.15) is 30.9 Å². The first-order valence-corrected chi connectivity index (χ1v) is 11.8. The highest BCUT2D eigenvalue weighted by atomic mass is 16.5. The Morgan fingerprint density at radius 2 is 1.94 bits per heavy atom. The Morgan fingerprint density at radius 3 is 2.57 bits per heavy atom. The highest BCUT2D eigenvalue weighted by Gasteiger charge is 2.23. The molecule has 0 spiro atoms. The van der Waals surface area contributed by atoms with E-state index < -0.39 is 0 Å². The molecule has 184 valence electrons. The zero-order valence-electron chi connectivity index (χ0n) is 20.7. The van der Waals surface area contributed by atoms with Crippen LogP contribution >= 0.6 is 0 Å². The summed E-state index contributed by atoms with van der Waals surface area (Å²) < 4.78 is 12.8. The Balaban J connectivity index is 1.60. The van der Waals surface area contributed by atoms with E-state index in [-0.39, 0.29) is 24.5 Å². The lowest BCUT2D eigenvalue weighted by molar-refractivity contribution is -0.134. The largest absolute Gasteiger partial charge is 0.497 e. The number of rotatable bonds is 8. The maximum absolute atomic E-state index is 13.0.